The van der Waals surface area contributed by atoms with Crippen LogP contribution in [0.4, 0.5) is 0 Å². The van der Waals surface area contributed by atoms with Gasteiger partial charge in [-0.15, -0.1) is 0 Å². The maximum Gasteiger partial charge on any atom is 0.167 e. The molecule has 1 aromatic heterocycles. The Labute approximate surface area is 89.4 Å². The number of ether oxygens (including phenoxy) is 1. The summed E-state index contributed by atoms with van der Waals surface area (Å²) in [5, 5.41) is 7.06. The zero-order valence-electron chi connectivity index (χ0n) is 9.23. The predicted molar refractivity (Wildman–Crippen MR) is 56.1 cm³/mol. The number of nitrogens with zero attached hydrogens (tertiary/aromatic N) is 2. The lowest BCUT2D eigenvalue weighted by atomic mass is 10.1. The summed E-state index contributed by atoms with van der Waals surface area (Å²) in [7, 11) is 0. The standard InChI is InChI=1S/C10H18N4O/c1-6(2)8(11)10-12-9(13-14-10)7-4-3-5-15-7/h6-8H,3-5,11H2,1-2H3,(H,12,13,14)/t7-,8-/m1/s1. The van der Waals surface area contributed by atoms with E-state index in [2.05, 4.69) is 29.0 Å². The average Bonchev–Trinajstić information content (AvgIpc) is 2.86. The fourth-order valence-corrected chi connectivity index (χ4v) is 1.67. The quantitative estimate of drug-likeness (QED) is 0.788. The van der Waals surface area contributed by atoms with E-state index in [0.29, 0.717) is 11.7 Å². The van der Waals surface area contributed by atoms with E-state index >= 15 is 0 Å². The van der Waals surface area contributed by atoms with Crippen LogP contribution < -0.4 is 5.73 Å². The van der Waals surface area contributed by atoms with E-state index in [-0.39, 0.29) is 12.1 Å². The van der Waals surface area contributed by atoms with Crippen molar-refractivity contribution in [3.8, 4) is 0 Å². The molecule has 0 unspecified atom stereocenters. The number of hydrogen-bond donors (Lipinski definition) is 2. The summed E-state index contributed by atoms with van der Waals surface area (Å²) in [5.74, 6) is 1.85. The first kappa shape index (κ1) is 10.6. The first-order valence-corrected chi connectivity index (χ1v) is 5.48. The zero-order chi connectivity index (χ0) is 10.8. The van der Waals surface area contributed by atoms with Gasteiger partial charge in [0.05, 0.1) is 6.04 Å². The molecule has 15 heavy (non-hydrogen) atoms. The molecule has 1 aliphatic heterocycles. The average molecular weight is 210 g/mol. The molecule has 0 amide bonds. The van der Waals surface area contributed by atoms with Crippen LogP contribution in [0.15, 0.2) is 0 Å². The van der Waals surface area contributed by atoms with Crippen LogP contribution in [0.2, 0.25) is 0 Å². The van der Waals surface area contributed by atoms with Gasteiger partial charge in [-0.1, -0.05) is 13.8 Å². The van der Waals surface area contributed by atoms with Crippen LogP contribution in [0.25, 0.3) is 0 Å². The molecule has 1 saturated heterocycles. The maximum atomic E-state index is 5.96. The number of H-pyrrole nitrogens is 1. The van der Waals surface area contributed by atoms with Crippen LogP contribution in [0.5, 0.6) is 0 Å². The van der Waals surface area contributed by atoms with Crippen molar-refractivity contribution >= 4 is 0 Å². The van der Waals surface area contributed by atoms with E-state index in [1.807, 2.05) is 0 Å². The summed E-state index contributed by atoms with van der Waals surface area (Å²) in [6, 6.07) is -0.101. The summed E-state index contributed by atoms with van der Waals surface area (Å²) in [4.78, 5) is 4.40. The molecule has 0 saturated carbocycles. The zero-order valence-corrected chi connectivity index (χ0v) is 9.23. The van der Waals surface area contributed by atoms with E-state index in [0.717, 1.165) is 25.3 Å². The molecule has 0 bridgehead atoms. The Kier molecular flexibility index (Phi) is 3.02. The second-order valence-corrected chi connectivity index (χ2v) is 4.35. The molecular weight excluding hydrogens is 192 g/mol. The van der Waals surface area contributed by atoms with Gasteiger partial charge in [0.2, 0.25) is 0 Å². The summed E-state index contributed by atoms with van der Waals surface area (Å²) in [6.07, 6.45) is 2.20. The van der Waals surface area contributed by atoms with Crippen molar-refractivity contribution in [1.82, 2.24) is 15.2 Å². The molecule has 0 aromatic carbocycles. The number of nitrogens with two attached hydrogens (primary N) is 1. The third-order valence-corrected chi connectivity index (χ3v) is 2.77. The predicted octanol–water partition coefficient (Wildman–Crippen LogP) is 1.31. The lowest BCUT2D eigenvalue weighted by Gasteiger charge is -2.10. The Morgan fingerprint density at radius 3 is 2.93 bits per heavy atom. The Bertz CT molecular complexity index is 300. The molecule has 1 fully saturated rings. The molecule has 84 valence electrons. The lowest BCUT2D eigenvalue weighted by molar-refractivity contribution is 0.105. The van der Waals surface area contributed by atoms with Crippen molar-refractivity contribution in [2.75, 3.05) is 6.61 Å². The minimum Gasteiger partial charge on any atom is -0.370 e. The molecule has 3 N–H and O–H groups in total. The fourth-order valence-electron chi connectivity index (χ4n) is 1.67. The lowest BCUT2D eigenvalue weighted by Crippen LogP contribution is -2.18. The number of aromatic nitrogens is 3. The molecule has 2 heterocycles. The van der Waals surface area contributed by atoms with Gasteiger partial charge in [-0.2, -0.15) is 5.10 Å². The number of aromatic amines is 1. The number of hydrogen-bond acceptors (Lipinski definition) is 4. The van der Waals surface area contributed by atoms with Crippen LogP contribution in [0.1, 0.15) is 50.5 Å². The van der Waals surface area contributed by atoms with Crippen LogP contribution in [0.3, 0.4) is 0 Å². The molecule has 0 aliphatic carbocycles. The molecule has 0 spiro atoms. The van der Waals surface area contributed by atoms with E-state index in [9.17, 15) is 0 Å². The molecule has 2 atom stereocenters. The number of rotatable bonds is 3. The van der Waals surface area contributed by atoms with Gasteiger partial charge in [0.25, 0.3) is 0 Å². The highest BCUT2D eigenvalue weighted by Crippen LogP contribution is 2.26. The molecule has 5 nitrogen and oxygen atoms in total. The third-order valence-electron chi connectivity index (χ3n) is 2.77. The molecule has 0 radical (unpaired) electrons. The Balaban J connectivity index is 2.09. The minimum atomic E-state index is -0.101. The van der Waals surface area contributed by atoms with E-state index < -0.39 is 0 Å². The van der Waals surface area contributed by atoms with Gasteiger partial charge in [-0.05, 0) is 18.8 Å². The summed E-state index contributed by atoms with van der Waals surface area (Å²) >= 11 is 0. The van der Waals surface area contributed by atoms with Crippen LogP contribution in [-0.2, 0) is 4.74 Å². The van der Waals surface area contributed by atoms with Gasteiger partial charge in [0.15, 0.2) is 11.6 Å². The normalized spacial score (nSPS) is 23.6. The molecule has 1 aliphatic rings. The van der Waals surface area contributed by atoms with Crippen LogP contribution in [0, 0.1) is 5.92 Å². The van der Waals surface area contributed by atoms with E-state index in [1.54, 1.807) is 0 Å². The van der Waals surface area contributed by atoms with Gasteiger partial charge in [0, 0.05) is 6.61 Å². The molecule has 5 heteroatoms. The third kappa shape index (κ3) is 2.18. The maximum absolute atomic E-state index is 5.96. The second kappa shape index (κ2) is 4.28. The van der Waals surface area contributed by atoms with Gasteiger partial charge < -0.3 is 10.5 Å². The Morgan fingerprint density at radius 1 is 1.53 bits per heavy atom. The molecular formula is C10H18N4O. The first-order chi connectivity index (χ1) is 7.18. The fraction of sp³-hybridized carbons (Fsp3) is 0.800. The molecule has 2 rings (SSSR count). The van der Waals surface area contributed by atoms with E-state index in [1.165, 1.54) is 0 Å². The van der Waals surface area contributed by atoms with Crippen molar-refractivity contribution in [3.05, 3.63) is 11.6 Å². The van der Waals surface area contributed by atoms with Crippen molar-refractivity contribution < 1.29 is 4.74 Å². The van der Waals surface area contributed by atoms with E-state index in [4.69, 9.17) is 10.5 Å². The molecule has 1 aromatic rings. The highest BCUT2D eigenvalue weighted by Gasteiger charge is 2.23. The highest BCUT2D eigenvalue weighted by atomic mass is 16.5. The Morgan fingerprint density at radius 2 is 2.33 bits per heavy atom. The summed E-state index contributed by atoms with van der Waals surface area (Å²) in [6.45, 7) is 4.94. The SMILES string of the molecule is CC(C)[C@@H](N)c1n[nH]c([C@H]2CCCO2)n1. The topological polar surface area (TPSA) is 76.8 Å². The monoisotopic (exact) mass is 210 g/mol. The van der Waals surface area contributed by atoms with Crippen LogP contribution in [-0.4, -0.2) is 21.8 Å². The van der Waals surface area contributed by atoms with Gasteiger partial charge in [0.1, 0.15) is 6.10 Å². The van der Waals surface area contributed by atoms with Crippen molar-refractivity contribution in [2.45, 2.75) is 38.8 Å². The van der Waals surface area contributed by atoms with Gasteiger partial charge in [-0.25, -0.2) is 4.98 Å². The second-order valence-electron chi connectivity index (χ2n) is 4.35. The van der Waals surface area contributed by atoms with Crippen molar-refractivity contribution in [1.29, 1.82) is 0 Å². The first-order valence-electron chi connectivity index (χ1n) is 5.48. The van der Waals surface area contributed by atoms with Crippen molar-refractivity contribution in [2.24, 2.45) is 11.7 Å². The summed E-state index contributed by atoms with van der Waals surface area (Å²) in [5.41, 5.74) is 5.96. The smallest absolute Gasteiger partial charge is 0.167 e. The Hall–Kier alpha value is -0.940. The van der Waals surface area contributed by atoms with Crippen LogP contribution >= 0.6 is 0 Å². The summed E-state index contributed by atoms with van der Waals surface area (Å²) < 4.78 is 5.52. The van der Waals surface area contributed by atoms with Crippen molar-refractivity contribution in [3.63, 3.8) is 0 Å². The van der Waals surface area contributed by atoms with Gasteiger partial charge in [-0.3, -0.25) is 5.10 Å². The number of nitrogens with one attached hydrogen (secondary N) is 1. The van der Waals surface area contributed by atoms with Gasteiger partial charge >= 0.3 is 0 Å². The highest BCUT2D eigenvalue weighted by molar-refractivity contribution is 5.00. The minimum absolute atomic E-state index is 0.0885. The largest absolute Gasteiger partial charge is 0.370 e.